The van der Waals surface area contributed by atoms with Crippen LogP contribution in [0.15, 0.2) is 47.2 Å². The van der Waals surface area contributed by atoms with E-state index in [9.17, 15) is 4.39 Å². The molecule has 0 saturated carbocycles. The third kappa shape index (κ3) is 3.13. The van der Waals surface area contributed by atoms with Gasteiger partial charge in [-0.2, -0.15) is 0 Å². The normalized spacial score (nSPS) is 12.4. The van der Waals surface area contributed by atoms with E-state index >= 15 is 0 Å². The van der Waals surface area contributed by atoms with E-state index in [2.05, 4.69) is 26.3 Å². The highest BCUT2D eigenvalue weighted by molar-refractivity contribution is 9.10. The number of pyridine rings is 1. The molecule has 0 saturated heterocycles. The third-order valence-corrected chi connectivity index (χ3v) is 3.21. The Kier molecular flexibility index (Phi) is 4.41. The van der Waals surface area contributed by atoms with Crippen LogP contribution in [0.2, 0.25) is 0 Å². The summed E-state index contributed by atoms with van der Waals surface area (Å²) in [7, 11) is 0. The van der Waals surface area contributed by atoms with Gasteiger partial charge < -0.3 is 0 Å². The van der Waals surface area contributed by atoms with Gasteiger partial charge in [-0.25, -0.2) is 4.39 Å². The molecule has 0 amide bonds. The molecule has 5 heteroatoms. The van der Waals surface area contributed by atoms with E-state index in [0.717, 1.165) is 10.0 Å². The SMILES string of the molecule is NNC(Cc1cc(Br)ccc1F)c1cccnc1. The fourth-order valence-electron chi connectivity index (χ4n) is 1.77. The number of nitrogens with two attached hydrogens (primary N) is 1. The Morgan fingerprint density at radius 1 is 1.39 bits per heavy atom. The average molecular weight is 310 g/mol. The molecular weight excluding hydrogens is 297 g/mol. The van der Waals surface area contributed by atoms with Crippen molar-refractivity contribution in [1.29, 1.82) is 0 Å². The molecule has 1 aromatic carbocycles. The zero-order chi connectivity index (χ0) is 13.0. The first-order valence-electron chi connectivity index (χ1n) is 5.50. The molecular formula is C13H13BrFN3. The maximum absolute atomic E-state index is 13.7. The maximum atomic E-state index is 13.7. The largest absolute Gasteiger partial charge is 0.271 e. The Hall–Kier alpha value is -1.30. The lowest BCUT2D eigenvalue weighted by molar-refractivity contribution is 0.527. The van der Waals surface area contributed by atoms with E-state index < -0.39 is 0 Å². The van der Waals surface area contributed by atoms with Crippen LogP contribution in [0.5, 0.6) is 0 Å². The summed E-state index contributed by atoms with van der Waals surface area (Å²) in [4.78, 5) is 4.04. The summed E-state index contributed by atoms with van der Waals surface area (Å²) in [6, 6.07) is 8.45. The predicted octanol–water partition coefficient (Wildman–Crippen LogP) is 2.73. The molecule has 0 radical (unpaired) electrons. The Balaban J connectivity index is 2.23. The highest BCUT2D eigenvalue weighted by atomic mass is 79.9. The molecule has 1 atom stereocenters. The highest BCUT2D eigenvalue weighted by Gasteiger charge is 2.13. The van der Waals surface area contributed by atoms with Gasteiger partial charge in [0.2, 0.25) is 0 Å². The second kappa shape index (κ2) is 6.04. The van der Waals surface area contributed by atoms with Crippen LogP contribution in [0.3, 0.4) is 0 Å². The zero-order valence-corrected chi connectivity index (χ0v) is 11.2. The number of halogens is 2. The highest BCUT2D eigenvalue weighted by Crippen LogP contribution is 2.22. The van der Waals surface area contributed by atoms with Gasteiger partial charge in [-0.05, 0) is 41.8 Å². The lowest BCUT2D eigenvalue weighted by Crippen LogP contribution is -2.29. The molecule has 0 aliphatic carbocycles. The van der Waals surface area contributed by atoms with Crippen LogP contribution >= 0.6 is 15.9 Å². The summed E-state index contributed by atoms with van der Waals surface area (Å²) >= 11 is 3.33. The monoisotopic (exact) mass is 309 g/mol. The second-order valence-electron chi connectivity index (χ2n) is 3.95. The summed E-state index contributed by atoms with van der Waals surface area (Å²) in [5.74, 6) is 5.29. The number of hydrogen-bond donors (Lipinski definition) is 2. The standard InChI is InChI=1S/C13H13BrFN3/c14-11-3-4-12(15)10(6-11)7-13(18-16)9-2-1-5-17-8-9/h1-6,8,13,18H,7,16H2. The number of aromatic nitrogens is 1. The van der Waals surface area contributed by atoms with Crippen LogP contribution < -0.4 is 11.3 Å². The maximum Gasteiger partial charge on any atom is 0.126 e. The third-order valence-electron chi connectivity index (χ3n) is 2.72. The van der Waals surface area contributed by atoms with Crippen LogP contribution in [0, 0.1) is 5.82 Å². The quantitative estimate of drug-likeness (QED) is 0.674. The molecule has 1 aromatic heterocycles. The molecule has 0 fully saturated rings. The van der Waals surface area contributed by atoms with Crippen molar-refractivity contribution >= 4 is 15.9 Å². The zero-order valence-electron chi connectivity index (χ0n) is 9.61. The summed E-state index contributed by atoms with van der Waals surface area (Å²) in [5, 5.41) is 0. The first-order chi connectivity index (χ1) is 8.70. The minimum absolute atomic E-state index is 0.164. The minimum Gasteiger partial charge on any atom is -0.271 e. The fourth-order valence-corrected chi connectivity index (χ4v) is 2.18. The Labute approximate surface area is 113 Å². The van der Waals surface area contributed by atoms with Gasteiger partial charge in [0.15, 0.2) is 0 Å². The molecule has 0 aliphatic heterocycles. The number of hydrogen-bond acceptors (Lipinski definition) is 3. The Morgan fingerprint density at radius 2 is 2.22 bits per heavy atom. The molecule has 0 bridgehead atoms. The molecule has 94 valence electrons. The van der Waals surface area contributed by atoms with Crippen molar-refractivity contribution in [3.05, 3.63) is 64.1 Å². The number of benzene rings is 1. The van der Waals surface area contributed by atoms with E-state index in [1.54, 1.807) is 24.5 Å². The number of rotatable bonds is 4. The van der Waals surface area contributed by atoms with Crippen molar-refractivity contribution < 1.29 is 4.39 Å². The summed E-state index contributed by atoms with van der Waals surface area (Å²) < 4.78 is 14.5. The summed E-state index contributed by atoms with van der Waals surface area (Å²) in [5.41, 5.74) is 4.23. The van der Waals surface area contributed by atoms with Crippen LogP contribution in [0.4, 0.5) is 4.39 Å². The molecule has 1 heterocycles. The van der Waals surface area contributed by atoms with Gasteiger partial charge in [0.1, 0.15) is 5.82 Å². The van der Waals surface area contributed by atoms with Crippen molar-refractivity contribution in [3.8, 4) is 0 Å². The Bertz CT molecular complexity index is 519. The van der Waals surface area contributed by atoms with Gasteiger partial charge in [-0.1, -0.05) is 22.0 Å². The summed E-state index contributed by atoms with van der Waals surface area (Å²) in [6.45, 7) is 0. The topological polar surface area (TPSA) is 50.9 Å². The van der Waals surface area contributed by atoms with Crippen molar-refractivity contribution in [3.63, 3.8) is 0 Å². The first-order valence-corrected chi connectivity index (χ1v) is 6.30. The van der Waals surface area contributed by atoms with Gasteiger partial charge in [0.05, 0.1) is 6.04 Å². The van der Waals surface area contributed by atoms with Crippen molar-refractivity contribution in [1.82, 2.24) is 10.4 Å². The van der Waals surface area contributed by atoms with Crippen LogP contribution in [0.1, 0.15) is 17.2 Å². The van der Waals surface area contributed by atoms with Gasteiger partial charge in [0, 0.05) is 16.9 Å². The lowest BCUT2D eigenvalue weighted by atomic mass is 10.0. The van der Waals surface area contributed by atoms with E-state index in [4.69, 9.17) is 5.84 Å². The molecule has 3 nitrogen and oxygen atoms in total. The molecule has 0 spiro atoms. The van der Waals surface area contributed by atoms with E-state index in [1.807, 2.05) is 12.1 Å². The molecule has 2 aromatic rings. The van der Waals surface area contributed by atoms with Crippen molar-refractivity contribution in [2.24, 2.45) is 5.84 Å². The van der Waals surface area contributed by atoms with Gasteiger partial charge in [-0.3, -0.25) is 16.3 Å². The average Bonchev–Trinajstić information content (AvgIpc) is 2.41. The lowest BCUT2D eigenvalue weighted by Gasteiger charge is -2.16. The van der Waals surface area contributed by atoms with Crippen LogP contribution in [-0.4, -0.2) is 4.98 Å². The number of hydrazine groups is 1. The van der Waals surface area contributed by atoms with Gasteiger partial charge in [0.25, 0.3) is 0 Å². The molecule has 3 N–H and O–H groups in total. The van der Waals surface area contributed by atoms with Crippen molar-refractivity contribution in [2.75, 3.05) is 0 Å². The number of nitrogens with one attached hydrogen (secondary N) is 1. The molecule has 2 rings (SSSR count). The van der Waals surface area contributed by atoms with E-state index in [1.165, 1.54) is 6.07 Å². The molecule has 1 unspecified atom stereocenters. The van der Waals surface area contributed by atoms with Crippen LogP contribution in [0.25, 0.3) is 0 Å². The molecule has 18 heavy (non-hydrogen) atoms. The predicted molar refractivity (Wildman–Crippen MR) is 72.1 cm³/mol. The first kappa shape index (κ1) is 13.1. The second-order valence-corrected chi connectivity index (χ2v) is 4.86. The minimum atomic E-state index is -0.234. The molecule has 0 aliphatic rings. The summed E-state index contributed by atoms with van der Waals surface area (Å²) in [6.07, 6.45) is 3.88. The van der Waals surface area contributed by atoms with E-state index in [0.29, 0.717) is 12.0 Å². The van der Waals surface area contributed by atoms with Crippen molar-refractivity contribution in [2.45, 2.75) is 12.5 Å². The number of nitrogens with zero attached hydrogens (tertiary/aromatic N) is 1. The van der Waals surface area contributed by atoms with Crippen LogP contribution in [-0.2, 0) is 6.42 Å². The smallest absolute Gasteiger partial charge is 0.126 e. The van der Waals surface area contributed by atoms with E-state index in [-0.39, 0.29) is 11.9 Å². The Morgan fingerprint density at radius 3 is 2.89 bits per heavy atom. The van der Waals surface area contributed by atoms with Gasteiger partial charge in [-0.15, -0.1) is 0 Å². The fraction of sp³-hybridized carbons (Fsp3) is 0.154. The van der Waals surface area contributed by atoms with Gasteiger partial charge >= 0.3 is 0 Å².